The molecule has 1 atom stereocenters. The van der Waals surface area contributed by atoms with E-state index in [9.17, 15) is 9.59 Å². The minimum Gasteiger partial charge on any atom is -0.326 e. The molecule has 1 amide bonds. The van der Waals surface area contributed by atoms with Crippen molar-refractivity contribution in [3.8, 4) is 11.3 Å². The number of imidazole rings is 1. The van der Waals surface area contributed by atoms with Crippen LogP contribution in [0.3, 0.4) is 0 Å². The number of hydrogen-bond acceptors (Lipinski definition) is 5. The number of rotatable bonds is 3. The number of nitrogens with one attached hydrogen (secondary N) is 2. The molecule has 1 saturated heterocycles. The van der Waals surface area contributed by atoms with E-state index in [0.717, 1.165) is 53.1 Å². The summed E-state index contributed by atoms with van der Waals surface area (Å²) in [5.74, 6) is -0.222. The number of carbonyl (C=O) groups excluding carboxylic acids is 1. The summed E-state index contributed by atoms with van der Waals surface area (Å²) in [6.45, 7) is 7.05. The number of carbonyl (C=O) groups is 1. The lowest BCUT2D eigenvalue weighted by atomic mass is 10.0. The third-order valence-electron chi connectivity index (χ3n) is 5.80. The highest BCUT2D eigenvalue weighted by molar-refractivity contribution is 6.03. The largest absolute Gasteiger partial charge is 0.326 e. The van der Waals surface area contributed by atoms with E-state index in [1.807, 2.05) is 50.5 Å². The van der Waals surface area contributed by atoms with Crippen LogP contribution in [0.2, 0.25) is 0 Å². The summed E-state index contributed by atoms with van der Waals surface area (Å²) < 4.78 is 3.55. The molecule has 1 aromatic carbocycles. The van der Waals surface area contributed by atoms with E-state index in [4.69, 9.17) is 5.10 Å². The van der Waals surface area contributed by atoms with Crippen molar-refractivity contribution in [2.24, 2.45) is 0 Å². The summed E-state index contributed by atoms with van der Waals surface area (Å²) in [6.07, 6.45) is 4.65. The number of anilines is 1. The van der Waals surface area contributed by atoms with Crippen LogP contribution < -0.4 is 16.2 Å². The molecule has 4 heterocycles. The highest BCUT2D eigenvalue weighted by atomic mass is 16.1. The average molecular weight is 416 g/mol. The Morgan fingerprint density at radius 1 is 1.26 bits per heavy atom. The van der Waals surface area contributed by atoms with Gasteiger partial charge in [-0.05, 0) is 62.0 Å². The fraction of sp³-hybridized carbons (Fsp3) is 0.304. The minimum atomic E-state index is -0.222. The summed E-state index contributed by atoms with van der Waals surface area (Å²) in [5.41, 5.74) is 4.71. The van der Waals surface area contributed by atoms with Gasteiger partial charge in [0, 0.05) is 25.2 Å². The Bertz CT molecular complexity index is 1390. The second-order valence-corrected chi connectivity index (χ2v) is 8.21. The molecule has 8 heteroatoms. The molecule has 0 radical (unpaired) electrons. The van der Waals surface area contributed by atoms with Gasteiger partial charge in [0.1, 0.15) is 0 Å². The van der Waals surface area contributed by atoms with E-state index in [-0.39, 0.29) is 17.5 Å². The maximum atomic E-state index is 13.4. The van der Waals surface area contributed by atoms with Gasteiger partial charge in [-0.2, -0.15) is 5.10 Å². The van der Waals surface area contributed by atoms with Gasteiger partial charge in [0.25, 0.3) is 5.56 Å². The topological polar surface area (TPSA) is 93.3 Å². The molecule has 0 saturated carbocycles. The number of pyridine rings is 1. The maximum Gasteiger partial charge on any atom is 0.260 e. The normalized spacial score (nSPS) is 16.3. The highest BCUT2D eigenvalue weighted by Gasteiger charge is 2.20. The van der Waals surface area contributed by atoms with Gasteiger partial charge in [0.05, 0.1) is 34.7 Å². The first-order chi connectivity index (χ1) is 14.9. The lowest BCUT2D eigenvalue weighted by Crippen LogP contribution is -2.26. The molecule has 0 bridgehead atoms. The van der Waals surface area contributed by atoms with Crippen LogP contribution in [0.4, 0.5) is 5.69 Å². The van der Waals surface area contributed by atoms with E-state index < -0.39 is 0 Å². The first kappa shape index (κ1) is 19.4. The number of aryl methyl sites for hydroxylation is 2. The van der Waals surface area contributed by atoms with Crippen LogP contribution >= 0.6 is 0 Å². The van der Waals surface area contributed by atoms with E-state index in [1.54, 1.807) is 9.08 Å². The zero-order chi connectivity index (χ0) is 21.7. The number of amides is 1. The lowest BCUT2D eigenvalue weighted by Gasteiger charge is -2.16. The number of hydrogen-bond donors (Lipinski definition) is 2. The fourth-order valence-electron chi connectivity index (χ4n) is 4.38. The smallest absolute Gasteiger partial charge is 0.260 e. The Labute approximate surface area is 178 Å². The number of aromatic nitrogens is 4. The number of nitrogens with zero attached hydrogens (tertiary/aromatic N) is 4. The second-order valence-electron chi connectivity index (χ2n) is 8.21. The summed E-state index contributed by atoms with van der Waals surface area (Å²) >= 11 is 0. The molecule has 5 rings (SSSR count). The van der Waals surface area contributed by atoms with Gasteiger partial charge in [-0.3, -0.25) is 9.59 Å². The van der Waals surface area contributed by atoms with Crippen molar-refractivity contribution in [1.82, 2.24) is 24.5 Å². The number of benzene rings is 1. The molecule has 1 fully saturated rings. The van der Waals surface area contributed by atoms with Crippen molar-refractivity contribution in [3.63, 3.8) is 0 Å². The van der Waals surface area contributed by atoms with E-state index >= 15 is 0 Å². The van der Waals surface area contributed by atoms with Crippen LogP contribution in [0, 0.1) is 13.8 Å². The summed E-state index contributed by atoms with van der Waals surface area (Å²) in [7, 11) is 0. The Morgan fingerprint density at radius 3 is 2.84 bits per heavy atom. The average Bonchev–Trinajstić information content (AvgIpc) is 3.37. The molecule has 0 aliphatic carbocycles. The molecule has 4 aromatic rings. The van der Waals surface area contributed by atoms with Crippen molar-refractivity contribution in [1.29, 1.82) is 0 Å². The SMILES string of the molecule is CC(=O)Nc1cc(-c2cc(C)c3nc(C)cn3n2)cc2ccn(C3CCNC3)c(=O)c12. The van der Waals surface area contributed by atoms with Crippen molar-refractivity contribution in [2.45, 2.75) is 33.2 Å². The number of fused-ring (bicyclic) bond motifs is 2. The van der Waals surface area contributed by atoms with Crippen LogP contribution in [0.1, 0.15) is 30.6 Å². The summed E-state index contributed by atoms with van der Waals surface area (Å²) in [6, 6.07) is 7.83. The van der Waals surface area contributed by atoms with Gasteiger partial charge >= 0.3 is 0 Å². The molecule has 31 heavy (non-hydrogen) atoms. The Morgan fingerprint density at radius 2 is 2.10 bits per heavy atom. The third-order valence-corrected chi connectivity index (χ3v) is 5.80. The Balaban J connectivity index is 1.72. The molecule has 1 unspecified atom stereocenters. The van der Waals surface area contributed by atoms with Crippen LogP contribution in [-0.4, -0.2) is 38.2 Å². The highest BCUT2D eigenvalue weighted by Crippen LogP contribution is 2.30. The van der Waals surface area contributed by atoms with Gasteiger partial charge in [-0.15, -0.1) is 0 Å². The molecule has 3 aromatic heterocycles. The first-order valence-corrected chi connectivity index (χ1v) is 10.4. The lowest BCUT2D eigenvalue weighted by molar-refractivity contribution is -0.114. The van der Waals surface area contributed by atoms with Gasteiger partial charge in [-0.1, -0.05) is 0 Å². The quantitative estimate of drug-likeness (QED) is 0.536. The molecule has 2 N–H and O–H groups in total. The van der Waals surface area contributed by atoms with E-state index in [2.05, 4.69) is 15.6 Å². The second kappa shape index (κ2) is 7.31. The Hall–Kier alpha value is -3.52. The maximum absolute atomic E-state index is 13.4. The minimum absolute atomic E-state index is 0.0914. The van der Waals surface area contributed by atoms with Crippen molar-refractivity contribution in [3.05, 3.63) is 58.3 Å². The first-order valence-electron chi connectivity index (χ1n) is 10.4. The molecule has 1 aliphatic heterocycles. The predicted molar refractivity (Wildman–Crippen MR) is 120 cm³/mol. The molecular weight excluding hydrogens is 392 g/mol. The molecular formula is C23H24N6O2. The molecule has 0 spiro atoms. The van der Waals surface area contributed by atoms with E-state index in [0.29, 0.717) is 11.1 Å². The van der Waals surface area contributed by atoms with Crippen molar-refractivity contribution in [2.75, 3.05) is 18.4 Å². The zero-order valence-corrected chi connectivity index (χ0v) is 17.8. The van der Waals surface area contributed by atoms with Gasteiger partial charge < -0.3 is 15.2 Å². The molecule has 1 aliphatic rings. The molecule has 8 nitrogen and oxygen atoms in total. The van der Waals surface area contributed by atoms with Crippen LogP contribution in [0.5, 0.6) is 0 Å². The van der Waals surface area contributed by atoms with Gasteiger partial charge in [-0.25, -0.2) is 9.50 Å². The van der Waals surface area contributed by atoms with Crippen molar-refractivity contribution < 1.29 is 4.79 Å². The third kappa shape index (κ3) is 3.38. The van der Waals surface area contributed by atoms with Crippen molar-refractivity contribution >= 4 is 28.0 Å². The zero-order valence-electron chi connectivity index (χ0n) is 17.8. The van der Waals surface area contributed by atoms with Crippen LogP contribution in [0.25, 0.3) is 27.7 Å². The Kier molecular flexibility index (Phi) is 4.59. The van der Waals surface area contributed by atoms with Crippen LogP contribution in [0.15, 0.2) is 41.5 Å². The van der Waals surface area contributed by atoms with Gasteiger partial charge in [0.2, 0.25) is 5.91 Å². The standard InChI is InChI=1S/C23H24N6O2/c1-13-8-19(27-29-12-14(2)25-22(13)29)17-9-16-5-7-28(18-4-6-24-11-18)23(31)21(16)20(10-17)26-15(3)30/h5,7-10,12,18,24H,4,6,11H2,1-3H3,(H,26,30). The fourth-order valence-corrected chi connectivity index (χ4v) is 4.38. The predicted octanol–water partition coefficient (Wildman–Crippen LogP) is 2.82. The van der Waals surface area contributed by atoms with Crippen LogP contribution in [-0.2, 0) is 4.79 Å². The molecule has 158 valence electrons. The summed E-state index contributed by atoms with van der Waals surface area (Å²) in [5, 5.41) is 12.2. The monoisotopic (exact) mass is 416 g/mol. The van der Waals surface area contributed by atoms with E-state index in [1.165, 1.54) is 6.92 Å². The summed E-state index contributed by atoms with van der Waals surface area (Å²) in [4.78, 5) is 29.8. The van der Waals surface area contributed by atoms with Gasteiger partial charge in [0.15, 0.2) is 5.65 Å².